The zero-order chi connectivity index (χ0) is 14.1. The van der Waals surface area contributed by atoms with E-state index in [4.69, 9.17) is 9.47 Å². The quantitative estimate of drug-likeness (QED) is 0.933. The summed E-state index contributed by atoms with van der Waals surface area (Å²) in [6.07, 6.45) is 2.38. The molecule has 2 aromatic rings. The Bertz CT molecular complexity index is 635. The van der Waals surface area contributed by atoms with Crippen LogP contribution in [-0.4, -0.2) is 35.8 Å². The minimum Gasteiger partial charge on any atom is -0.494 e. The van der Waals surface area contributed by atoms with Gasteiger partial charge in [0.1, 0.15) is 17.7 Å². The highest BCUT2D eigenvalue weighted by molar-refractivity contribution is 5.90. The van der Waals surface area contributed by atoms with Crippen molar-refractivity contribution < 1.29 is 13.9 Å². The van der Waals surface area contributed by atoms with Gasteiger partial charge in [-0.3, -0.25) is 0 Å². The van der Waals surface area contributed by atoms with E-state index in [2.05, 4.69) is 15.3 Å². The van der Waals surface area contributed by atoms with Crippen LogP contribution in [0.1, 0.15) is 13.3 Å². The Morgan fingerprint density at radius 1 is 1.40 bits per heavy atom. The molecular weight excluding hydrogens is 261 g/mol. The molecule has 1 N–H and O–H groups in total. The molecule has 0 spiro atoms. The van der Waals surface area contributed by atoms with Crippen molar-refractivity contribution in [2.75, 3.05) is 19.0 Å². The molecular formula is C14H16FN3O2. The maximum absolute atomic E-state index is 14.2. The molecule has 1 aliphatic rings. The summed E-state index contributed by atoms with van der Waals surface area (Å²) in [7, 11) is 1.43. The van der Waals surface area contributed by atoms with E-state index in [1.165, 1.54) is 13.4 Å². The molecule has 0 amide bonds. The molecule has 0 radical (unpaired) electrons. The maximum atomic E-state index is 14.2. The average molecular weight is 277 g/mol. The van der Waals surface area contributed by atoms with Crippen LogP contribution in [0, 0.1) is 5.82 Å². The Hall–Kier alpha value is -1.95. The van der Waals surface area contributed by atoms with E-state index >= 15 is 0 Å². The van der Waals surface area contributed by atoms with Crippen LogP contribution in [0.5, 0.6) is 5.75 Å². The molecule has 2 heterocycles. The first-order valence-electron chi connectivity index (χ1n) is 6.56. The van der Waals surface area contributed by atoms with Gasteiger partial charge in [0.2, 0.25) is 0 Å². The van der Waals surface area contributed by atoms with Crippen molar-refractivity contribution >= 4 is 16.7 Å². The number of anilines is 1. The van der Waals surface area contributed by atoms with E-state index in [0.717, 1.165) is 13.0 Å². The number of aromatic nitrogens is 2. The molecule has 2 atom stereocenters. The molecule has 1 aromatic carbocycles. The molecule has 1 fully saturated rings. The van der Waals surface area contributed by atoms with Crippen molar-refractivity contribution in [2.24, 2.45) is 0 Å². The van der Waals surface area contributed by atoms with Crippen molar-refractivity contribution in [2.45, 2.75) is 25.5 Å². The van der Waals surface area contributed by atoms with Gasteiger partial charge in [-0.25, -0.2) is 14.4 Å². The average Bonchev–Trinajstić information content (AvgIpc) is 2.86. The summed E-state index contributed by atoms with van der Waals surface area (Å²) >= 11 is 0. The summed E-state index contributed by atoms with van der Waals surface area (Å²) < 4.78 is 24.6. The third-order valence-corrected chi connectivity index (χ3v) is 3.63. The summed E-state index contributed by atoms with van der Waals surface area (Å²) in [4.78, 5) is 8.22. The Morgan fingerprint density at radius 2 is 2.25 bits per heavy atom. The van der Waals surface area contributed by atoms with E-state index < -0.39 is 5.82 Å². The molecule has 0 saturated carbocycles. The topological polar surface area (TPSA) is 56.3 Å². The van der Waals surface area contributed by atoms with Crippen LogP contribution in [0.2, 0.25) is 0 Å². The number of nitrogens with zero attached hydrogens (tertiary/aromatic N) is 2. The number of halogens is 1. The largest absolute Gasteiger partial charge is 0.494 e. The highest BCUT2D eigenvalue weighted by atomic mass is 19.1. The number of hydrogen-bond acceptors (Lipinski definition) is 5. The van der Waals surface area contributed by atoms with Crippen LogP contribution in [0.4, 0.5) is 10.2 Å². The van der Waals surface area contributed by atoms with Crippen molar-refractivity contribution in [3.8, 4) is 5.75 Å². The lowest BCUT2D eigenvalue weighted by atomic mass is 10.1. The summed E-state index contributed by atoms with van der Waals surface area (Å²) in [5, 5.41) is 3.96. The molecule has 6 heteroatoms. The summed E-state index contributed by atoms with van der Waals surface area (Å²) in [6, 6.07) is 3.53. The predicted octanol–water partition coefficient (Wildman–Crippen LogP) is 2.37. The number of ether oxygens (including phenoxy) is 2. The van der Waals surface area contributed by atoms with Crippen LogP contribution < -0.4 is 10.1 Å². The van der Waals surface area contributed by atoms with E-state index in [0.29, 0.717) is 11.2 Å². The lowest BCUT2D eigenvalue weighted by Crippen LogP contribution is -2.27. The Labute approximate surface area is 116 Å². The van der Waals surface area contributed by atoms with Crippen molar-refractivity contribution in [1.82, 2.24) is 9.97 Å². The van der Waals surface area contributed by atoms with Gasteiger partial charge in [-0.2, -0.15) is 0 Å². The zero-order valence-electron chi connectivity index (χ0n) is 11.4. The number of nitrogens with one attached hydrogen (secondary N) is 1. The molecule has 2 unspecified atom stereocenters. The van der Waals surface area contributed by atoms with E-state index in [1.807, 2.05) is 6.92 Å². The van der Waals surface area contributed by atoms with E-state index in [1.54, 1.807) is 12.1 Å². The molecule has 3 rings (SSSR count). The highest BCUT2D eigenvalue weighted by Gasteiger charge is 2.25. The first kappa shape index (κ1) is 13.1. The van der Waals surface area contributed by atoms with Gasteiger partial charge in [0.15, 0.2) is 11.6 Å². The van der Waals surface area contributed by atoms with Crippen LogP contribution in [0.3, 0.4) is 0 Å². The Kier molecular flexibility index (Phi) is 3.40. The van der Waals surface area contributed by atoms with Gasteiger partial charge in [0, 0.05) is 12.0 Å². The highest BCUT2D eigenvalue weighted by Crippen LogP contribution is 2.29. The minimum atomic E-state index is -0.467. The standard InChI is InChI=1S/C14H16FN3O2/c1-8-10(5-6-20-8)18-14-9-3-4-11(19-2)12(15)13(9)16-7-17-14/h3-4,7-8,10H,5-6H2,1-2H3,(H,16,17,18). The molecule has 0 bridgehead atoms. The molecule has 106 valence electrons. The number of rotatable bonds is 3. The van der Waals surface area contributed by atoms with Gasteiger partial charge >= 0.3 is 0 Å². The van der Waals surface area contributed by atoms with Gasteiger partial charge in [-0.05, 0) is 25.5 Å². The monoisotopic (exact) mass is 277 g/mol. The van der Waals surface area contributed by atoms with Gasteiger partial charge in [-0.1, -0.05) is 0 Å². The normalized spacial score (nSPS) is 22.1. The number of methoxy groups -OCH3 is 1. The van der Waals surface area contributed by atoms with Crippen molar-refractivity contribution in [3.05, 3.63) is 24.3 Å². The van der Waals surface area contributed by atoms with E-state index in [9.17, 15) is 4.39 Å². The Morgan fingerprint density at radius 3 is 2.95 bits per heavy atom. The second-order valence-corrected chi connectivity index (χ2v) is 4.82. The molecule has 0 aliphatic carbocycles. The predicted molar refractivity (Wildman–Crippen MR) is 73.5 cm³/mol. The first-order chi connectivity index (χ1) is 9.70. The third-order valence-electron chi connectivity index (χ3n) is 3.63. The third kappa shape index (κ3) is 2.16. The van der Waals surface area contributed by atoms with Gasteiger partial charge in [0.25, 0.3) is 0 Å². The second kappa shape index (κ2) is 5.20. The van der Waals surface area contributed by atoms with E-state index in [-0.39, 0.29) is 23.4 Å². The van der Waals surface area contributed by atoms with Crippen LogP contribution in [0.15, 0.2) is 18.5 Å². The molecule has 1 aromatic heterocycles. The lowest BCUT2D eigenvalue weighted by molar-refractivity contribution is 0.121. The maximum Gasteiger partial charge on any atom is 0.191 e. The molecule has 20 heavy (non-hydrogen) atoms. The van der Waals surface area contributed by atoms with Gasteiger partial charge in [-0.15, -0.1) is 0 Å². The van der Waals surface area contributed by atoms with Gasteiger partial charge in [0.05, 0.1) is 19.3 Å². The van der Waals surface area contributed by atoms with Crippen LogP contribution >= 0.6 is 0 Å². The lowest BCUT2D eigenvalue weighted by Gasteiger charge is -2.17. The first-order valence-corrected chi connectivity index (χ1v) is 6.56. The minimum absolute atomic E-state index is 0.114. The Balaban J connectivity index is 2.01. The van der Waals surface area contributed by atoms with Crippen molar-refractivity contribution in [1.29, 1.82) is 0 Å². The van der Waals surface area contributed by atoms with Crippen LogP contribution in [0.25, 0.3) is 10.9 Å². The summed E-state index contributed by atoms with van der Waals surface area (Å²) in [6.45, 7) is 2.74. The summed E-state index contributed by atoms with van der Waals surface area (Å²) in [5.74, 6) is 0.338. The summed E-state index contributed by atoms with van der Waals surface area (Å²) in [5.41, 5.74) is 0.258. The molecule has 1 aliphatic heterocycles. The second-order valence-electron chi connectivity index (χ2n) is 4.82. The van der Waals surface area contributed by atoms with Crippen LogP contribution in [-0.2, 0) is 4.74 Å². The smallest absolute Gasteiger partial charge is 0.191 e. The molecule has 5 nitrogen and oxygen atoms in total. The number of fused-ring (bicyclic) bond motifs is 1. The van der Waals surface area contributed by atoms with Crippen molar-refractivity contribution in [3.63, 3.8) is 0 Å². The fraction of sp³-hybridized carbons (Fsp3) is 0.429. The SMILES string of the molecule is COc1ccc2c(NC3CCOC3C)ncnc2c1F. The fourth-order valence-electron chi connectivity index (χ4n) is 2.45. The van der Waals surface area contributed by atoms with Gasteiger partial charge < -0.3 is 14.8 Å². The zero-order valence-corrected chi connectivity index (χ0v) is 11.4. The molecule has 1 saturated heterocycles. The number of benzene rings is 1. The number of hydrogen-bond donors (Lipinski definition) is 1. The fourth-order valence-corrected chi connectivity index (χ4v) is 2.45.